The number of rotatable bonds is 4. The first-order valence-corrected chi connectivity index (χ1v) is 7.99. The second kappa shape index (κ2) is 6.56. The Bertz CT molecular complexity index is 848. The Morgan fingerprint density at radius 1 is 1.04 bits per heavy atom. The van der Waals surface area contributed by atoms with Gasteiger partial charge in [-0.3, -0.25) is 0 Å². The van der Waals surface area contributed by atoms with E-state index >= 15 is 0 Å². The van der Waals surface area contributed by atoms with E-state index in [2.05, 4.69) is 37.9 Å². The largest absolute Gasteiger partial charge is 0.330 e. The summed E-state index contributed by atoms with van der Waals surface area (Å²) in [6, 6.07) is 10.1. The molecule has 0 bridgehead atoms. The van der Waals surface area contributed by atoms with Crippen LogP contribution in [-0.2, 0) is 6.54 Å². The van der Waals surface area contributed by atoms with Gasteiger partial charge in [0.05, 0.1) is 6.54 Å². The fraction of sp³-hybridized carbons (Fsp3) is 0.250. The van der Waals surface area contributed by atoms with Gasteiger partial charge in [-0.25, -0.2) is 13.8 Å². The van der Waals surface area contributed by atoms with Crippen molar-refractivity contribution in [2.24, 2.45) is 0 Å². The fourth-order valence-electron chi connectivity index (χ4n) is 3.07. The molecule has 0 unspecified atom stereocenters. The van der Waals surface area contributed by atoms with Crippen LogP contribution in [0, 0.1) is 25.5 Å². The Morgan fingerprint density at radius 3 is 2.42 bits per heavy atom. The average Bonchev–Trinajstić information content (AvgIpc) is 3.01. The molecule has 0 spiro atoms. The van der Waals surface area contributed by atoms with E-state index in [9.17, 15) is 8.78 Å². The predicted molar refractivity (Wildman–Crippen MR) is 91.1 cm³/mol. The van der Waals surface area contributed by atoms with Gasteiger partial charge in [0.2, 0.25) is 0 Å². The molecular weight excluding hydrogens is 306 g/mol. The maximum atomic E-state index is 13.9. The number of halogens is 2. The lowest BCUT2D eigenvalue weighted by Gasteiger charge is -2.18. The summed E-state index contributed by atoms with van der Waals surface area (Å²) >= 11 is 0. The molecule has 3 rings (SSSR count). The van der Waals surface area contributed by atoms with Gasteiger partial charge in [-0.1, -0.05) is 31.2 Å². The van der Waals surface area contributed by atoms with E-state index in [4.69, 9.17) is 0 Å². The molecule has 0 saturated heterocycles. The summed E-state index contributed by atoms with van der Waals surface area (Å²) in [5, 5.41) is 0. The minimum Gasteiger partial charge on any atom is -0.330 e. The molecule has 1 atom stereocenters. The zero-order valence-corrected chi connectivity index (χ0v) is 14.1. The van der Waals surface area contributed by atoms with Gasteiger partial charge in [-0.2, -0.15) is 0 Å². The normalized spacial score (nSPS) is 12.4. The second-order valence-electron chi connectivity index (χ2n) is 6.12. The highest BCUT2D eigenvalue weighted by molar-refractivity contribution is 5.38. The Kier molecular flexibility index (Phi) is 4.47. The molecule has 124 valence electrons. The summed E-state index contributed by atoms with van der Waals surface area (Å²) < 4.78 is 29.7. The number of benzene rings is 2. The van der Waals surface area contributed by atoms with Crippen LogP contribution in [0.3, 0.4) is 0 Å². The molecule has 2 nitrogen and oxygen atoms in total. The number of hydrogen-bond donors (Lipinski definition) is 0. The lowest BCUT2D eigenvalue weighted by Crippen LogP contribution is -2.12. The predicted octanol–water partition coefficient (Wildman–Crippen LogP) is 4.98. The average molecular weight is 326 g/mol. The molecule has 0 saturated carbocycles. The first kappa shape index (κ1) is 16.4. The van der Waals surface area contributed by atoms with Crippen LogP contribution in [0.5, 0.6) is 0 Å². The van der Waals surface area contributed by atoms with E-state index in [1.165, 1.54) is 34.9 Å². The molecule has 2 aromatic carbocycles. The third kappa shape index (κ3) is 2.96. The maximum Gasteiger partial charge on any atom is 0.131 e. The third-order valence-corrected chi connectivity index (χ3v) is 4.64. The molecule has 4 heteroatoms. The van der Waals surface area contributed by atoms with E-state index in [1.54, 1.807) is 12.4 Å². The minimum atomic E-state index is -0.533. The topological polar surface area (TPSA) is 17.8 Å². The van der Waals surface area contributed by atoms with Crippen molar-refractivity contribution < 1.29 is 8.78 Å². The molecule has 0 aliphatic rings. The van der Waals surface area contributed by atoms with Crippen molar-refractivity contribution in [1.82, 2.24) is 9.55 Å². The highest BCUT2D eigenvalue weighted by Crippen LogP contribution is 2.28. The van der Waals surface area contributed by atoms with E-state index in [1.807, 2.05) is 10.6 Å². The Labute approximate surface area is 140 Å². The zero-order chi connectivity index (χ0) is 17.3. The van der Waals surface area contributed by atoms with Crippen LogP contribution < -0.4 is 0 Å². The fourth-order valence-corrected chi connectivity index (χ4v) is 3.07. The Hall–Kier alpha value is -2.49. The summed E-state index contributed by atoms with van der Waals surface area (Å²) in [6.45, 7) is 6.36. The number of nitrogens with zero attached hydrogens (tertiary/aromatic N) is 2. The Morgan fingerprint density at radius 2 is 1.71 bits per heavy atom. The van der Waals surface area contributed by atoms with Gasteiger partial charge in [0.1, 0.15) is 17.5 Å². The molecule has 1 heterocycles. The highest BCUT2D eigenvalue weighted by atomic mass is 19.1. The van der Waals surface area contributed by atoms with Gasteiger partial charge >= 0.3 is 0 Å². The molecule has 0 N–H and O–H groups in total. The smallest absolute Gasteiger partial charge is 0.131 e. The van der Waals surface area contributed by atoms with Crippen LogP contribution in [0.25, 0.3) is 0 Å². The second-order valence-corrected chi connectivity index (χ2v) is 6.12. The summed E-state index contributed by atoms with van der Waals surface area (Å²) in [5.74, 6) is -0.232. The molecule has 0 fully saturated rings. The molecule has 24 heavy (non-hydrogen) atoms. The van der Waals surface area contributed by atoms with Gasteiger partial charge in [-0.15, -0.1) is 0 Å². The lowest BCUT2D eigenvalue weighted by atomic mass is 9.93. The first-order valence-electron chi connectivity index (χ1n) is 7.99. The van der Waals surface area contributed by atoms with Crippen molar-refractivity contribution >= 4 is 0 Å². The number of aryl methyl sites for hydroxylation is 1. The zero-order valence-electron chi connectivity index (χ0n) is 14.1. The van der Waals surface area contributed by atoms with Crippen LogP contribution in [0.2, 0.25) is 0 Å². The summed E-state index contributed by atoms with van der Waals surface area (Å²) in [7, 11) is 0. The number of imidazole rings is 1. The van der Waals surface area contributed by atoms with Gasteiger partial charge < -0.3 is 4.57 Å². The van der Waals surface area contributed by atoms with Gasteiger partial charge in [-0.05, 0) is 42.7 Å². The molecule has 0 aliphatic carbocycles. The lowest BCUT2D eigenvalue weighted by molar-refractivity contribution is 0.538. The third-order valence-electron chi connectivity index (χ3n) is 4.64. The minimum absolute atomic E-state index is 0.0368. The van der Waals surface area contributed by atoms with Crippen LogP contribution in [-0.4, -0.2) is 9.55 Å². The van der Waals surface area contributed by atoms with Crippen molar-refractivity contribution in [1.29, 1.82) is 0 Å². The molecular formula is C20H20F2N2. The van der Waals surface area contributed by atoms with E-state index < -0.39 is 11.6 Å². The van der Waals surface area contributed by atoms with Crippen molar-refractivity contribution in [3.05, 3.63) is 88.5 Å². The highest BCUT2D eigenvalue weighted by Gasteiger charge is 2.18. The van der Waals surface area contributed by atoms with Gasteiger partial charge in [0.25, 0.3) is 0 Å². The van der Waals surface area contributed by atoms with Crippen molar-refractivity contribution in [2.45, 2.75) is 33.2 Å². The van der Waals surface area contributed by atoms with E-state index in [-0.39, 0.29) is 18.0 Å². The SMILES string of the molecule is Cc1cccc([C@H](C)c2nccn2Cc2c(F)cccc2F)c1C. The van der Waals surface area contributed by atoms with Crippen LogP contribution in [0.15, 0.2) is 48.8 Å². The van der Waals surface area contributed by atoms with Crippen LogP contribution >= 0.6 is 0 Å². The van der Waals surface area contributed by atoms with Crippen molar-refractivity contribution in [2.75, 3.05) is 0 Å². The van der Waals surface area contributed by atoms with Crippen molar-refractivity contribution in [3.63, 3.8) is 0 Å². The van der Waals surface area contributed by atoms with Crippen molar-refractivity contribution in [3.8, 4) is 0 Å². The summed E-state index contributed by atoms with van der Waals surface area (Å²) in [5.41, 5.74) is 3.68. The quantitative estimate of drug-likeness (QED) is 0.661. The van der Waals surface area contributed by atoms with Crippen LogP contribution in [0.4, 0.5) is 8.78 Å². The molecule has 3 aromatic rings. The molecule has 0 amide bonds. The summed E-state index contributed by atoms with van der Waals surface area (Å²) in [6.07, 6.45) is 3.44. The van der Waals surface area contributed by atoms with E-state index in [0.717, 1.165) is 5.82 Å². The van der Waals surface area contributed by atoms with Gasteiger partial charge in [0, 0.05) is 23.9 Å². The number of aromatic nitrogens is 2. The maximum absolute atomic E-state index is 13.9. The van der Waals surface area contributed by atoms with E-state index in [0.29, 0.717) is 0 Å². The standard InChI is InChI=1S/C20H20F2N2/c1-13-6-4-7-16(14(13)2)15(3)20-23-10-11-24(20)12-17-18(21)8-5-9-19(17)22/h4-11,15H,12H2,1-3H3/t15-/m0/s1. The number of hydrogen-bond acceptors (Lipinski definition) is 1. The molecule has 0 aliphatic heterocycles. The molecule has 1 aromatic heterocycles. The first-order chi connectivity index (χ1) is 11.5. The van der Waals surface area contributed by atoms with Crippen LogP contribution in [0.1, 0.15) is 40.9 Å². The molecule has 0 radical (unpaired) electrons. The monoisotopic (exact) mass is 326 g/mol. The van der Waals surface area contributed by atoms with Gasteiger partial charge in [0.15, 0.2) is 0 Å². The Balaban J connectivity index is 1.97. The summed E-state index contributed by atoms with van der Waals surface area (Å²) in [4.78, 5) is 4.44.